The summed E-state index contributed by atoms with van der Waals surface area (Å²) in [6, 6.07) is 5.99. The van der Waals surface area contributed by atoms with Gasteiger partial charge in [0.25, 0.3) is 0 Å². The van der Waals surface area contributed by atoms with E-state index in [-0.39, 0.29) is 11.2 Å². The Hall–Kier alpha value is -1.31. The molecule has 1 heterocycles. The average molecular weight is 209 g/mol. The first-order chi connectivity index (χ1) is 7.54. The third kappa shape index (κ3) is 1.73. The van der Waals surface area contributed by atoms with Crippen molar-refractivity contribution in [2.75, 3.05) is 0 Å². The van der Waals surface area contributed by atoms with Crippen molar-refractivity contribution < 1.29 is 0 Å². The molecule has 2 rings (SSSR count). The van der Waals surface area contributed by atoms with E-state index in [2.05, 4.69) is 37.9 Å². The zero-order chi connectivity index (χ0) is 11.8. The van der Waals surface area contributed by atoms with Gasteiger partial charge >= 0.3 is 0 Å². The maximum atomic E-state index is 6.30. The molecular weight excluding hydrogens is 193 g/mol. The molecule has 0 aliphatic heterocycles. The fourth-order valence-corrected chi connectivity index (χ4v) is 2.44. The van der Waals surface area contributed by atoms with E-state index in [1.54, 1.807) is 0 Å². The van der Waals surface area contributed by atoms with Gasteiger partial charge in [-0.1, -0.05) is 36.3 Å². The second-order valence-corrected chi connectivity index (χ2v) is 4.75. The van der Waals surface area contributed by atoms with E-state index >= 15 is 0 Å². The third-order valence-electron chi connectivity index (χ3n) is 3.34. The topological polar surface area (TPSA) is 12.9 Å². The molecule has 16 heavy (non-hydrogen) atoms. The van der Waals surface area contributed by atoms with Crippen LogP contribution in [0.4, 0.5) is 0 Å². The number of nitrogens with zero attached hydrogens (tertiary/aromatic N) is 1. The first kappa shape index (κ1) is 11.2. The molecule has 1 aliphatic carbocycles. The summed E-state index contributed by atoms with van der Waals surface area (Å²) in [6.07, 6.45) is 6.19. The summed E-state index contributed by atoms with van der Waals surface area (Å²) in [5.41, 5.74) is 3.32. The van der Waals surface area contributed by atoms with Gasteiger partial charge in [-0.2, -0.15) is 0 Å². The summed E-state index contributed by atoms with van der Waals surface area (Å²) in [4.78, 5) is 4.44. The molecule has 0 amide bonds. The monoisotopic (exact) mass is 209 g/mol. The molecule has 1 aliphatic rings. The normalized spacial score (nSPS) is 29.6. The van der Waals surface area contributed by atoms with E-state index in [4.69, 9.17) is 7.85 Å². The van der Waals surface area contributed by atoms with E-state index in [1.165, 1.54) is 11.1 Å². The van der Waals surface area contributed by atoms with Crippen LogP contribution >= 0.6 is 0 Å². The Bertz CT molecular complexity index is 447. The Morgan fingerprint density at radius 2 is 2.06 bits per heavy atom. The molecule has 1 nitrogen and oxygen atoms in total. The van der Waals surface area contributed by atoms with Gasteiger partial charge in [0.1, 0.15) is 0 Å². The van der Waals surface area contributed by atoms with E-state index in [0.717, 1.165) is 5.69 Å². The number of hydrogen-bond acceptors (Lipinski definition) is 1. The van der Waals surface area contributed by atoms with Gasteiger partial charge in [-0.05, 0) is 31.8 Å². The average Bonchev–Trinajstić information content (AvgIpc) is 2.27. The molecule has 2 atom stereocenters. The highest BCUT2D eigenvalue weighted by molar-refractivity contribution is 6.15. The van der Waals surface area contributed by atoms with Crippen molar-refractivity contribution in [3.8, 4) is 0 Å². The van der Waals surface area contributed by atoms with Crippen molar-refractivity contribution in [1.82, 2.24) is 4.98 Å². The van der Waals surface area contributed by atoms with Gasteiger partial charge in [0.05, 0.1) is 7.85 Å². The zero-order valence-electron chi connectivity index (χ0n) is 10.1. The van der Waals surface area contributed by atoms with Crippen molar-refractivity contribution in [3.63, 3.8) is 0 Å². The number of rotatable bonds is 1. The van der Waals surface area contributed by atoms with Crippen LogP contribution in [0.1, 0.15) is 26.5 Å². The van der Waals surface area contributed by atoms with Crippen LogP contribution in [-0.4, -0.2) is 12.8 Å². The minimum Gasteiger partial charge on any atom is -0.260 e. The number of aromatic nitrogens is 1. The summed E-state index contributed by atoms with van der Waals surface area (Å²) in [5.74, 6) is 0.00565. The molecular formula is C14H16BN. The Balaban J connectivity index is 2.51. The molecule has 0 aromatic carbocycles. The quantitative estimate of drug-likeness (QED) is 0.647. The first-order valence-corrected chi connectivity index (χ1v) is 5.59. The zero-order valence-corrected chi connectivity index (χ0v) is 10.1. The number of hydrogen-bond donors (Lipinski definition) is 0. The Morgan fingerprint density at radius 1 is 1.31 bits per heavy atom. The standard InChI is InChI=1S/C14H16BN/c1-10-8-11(2)13(15)14(3,9-10)12-6-4-5-7-16-12/h4-9,13H,1-3H3. The number of pyridine rings is 1. The summed E-state index contributed by atoms with van der Waals surface area (Å²) in [5, 5.41) is 0. The van der Waals surface area contributed by atoms with E-state index in [1.807, 2.05) is 24.4 Å². The van der Waals surface area contributed by atoms with Crippen LogP contribution in [0.25, 0.3) is 0 Å². The predicted molar refractivity (Wildman–Crippen MR) is 68.6 cm³/mol. The molecule has 0 saturated heterocycles. The van der Waals surface area contributed by atoms with Gasteiger partial charge in [-0.15, -0.1) is 0 Å². The van der Waals surface area contributed by atoms with Crippen molar-refractivity contribution >= 4 is 7.85 Å². The maximum absolute atomic E-state index is 6.30. The van der Waals surface area contributed by atoms with E-state index < -0.39 is 0 Å². The Morgan fingerprint density at radius 3 is 2.69 bits per heavy atom. The van der Waals surface area contributed by atoms with Crippen LogP contribution in [0.5, 0.6) is 0 Å². The SMILES string of the molecule is [B]C1C(C)=CC(C)=CC1(C)c1ccccn1. The third-order valence-corrected chi connectivity index (χ3v) is 3.34. The Kier molecular flexibility index (Phi) is 2.75. The summed E-state index contributed by atoms with van der Waals surface area (Å²) in [6.45, 7) is 6.35. The van der Waals surface area contributed by atoms with Gasteiger partial charge in [0.15, 0.2) is 0 Å². The van der Waals surface area contributed by atoms with E-state index in [0.29, 0.717) is 0 Å². The minimum absolute atomic E-state index is 0.00565. The molecule has 0 N–H and O–H groups in total. The van der Waals surface area contributed by atoms with Crippen molar-refractivity contribution in [2.45, 2.75) is 32.0 Å². The second-order valence-electron chi connectivity index (χ2n) is 4.75. The summed E-state index contributed by atoms with van der Waals surface area (Å²) >= 11 is 0. The van der Waals surface area contributed by atoms with Gasteiger partial charge in [-0.25, -0.2) is 0 Å². The Labute approximate surface area is 98.7 Å². The van der Waals surface area contributed by atoms with Crippen molar-refractivity contribution in [1.29, 1.82) is 0 Å². The molecule has 0 fully saturated rings. The van der Waals surface area contributed by atoms with Gasteiger partial charge in [-0.3, -0.25) is 4.98 Å². The highest BCUT2D eigenvalue weighted by Gasteiger charge is 2.34. The highest BCUT2D eigenvalue weighted by atomic mass is 14.7. The lowest BCUT2D eigenvalue weighted by Crippen LogP contribution is -2.30. The van der Waals surface area contributed by atoms with Gasteiger partial charge < -0.3 is 0 Å². The second kappa shape index (κ2) is 3.93. The minimum atomic E-state index is -0.190. The molecule has 2 unspecified atom stereocenters. The maximum Gasteiger partial charge on any atom is 0.0776 e. The van der Waals surface area contributed by atoms with Gasteiger partial charge in [0.2, 0.25) is 0 Å². The molecule has 1 aromatic heterocycles. The van der Waals surface area contributed by atoms with E-state index in [9.17, 15) is 0 Å². The lowest BCUT2D eigenvalue weighted by atomic mass is 9.58. The molecule has 0 bridgehead atoms. The van der Waals surface area contributed by atoms with Crippen molar-refractivity contribution in [2.24, 2.45) is 0 Å². The van der Waals surface area contributed by atoms with Crippen molar-refractivity contribution in [3.05, 3.63) is 53.4 Å². The molecule has 0 spiro atoms. The largest absolute Gasteiger partial charge is 0.260 e. The highest BCUT2D eigenvalue weighted by Crippen LogP contribution is 2.43. The fourth-order valence-electron chi connectivity index (χ4n) is 2.44. The van der Waals surface area contributed by atoms with Crippen LogP contribution in [0, 0.1) is 0 Å². The summed E-state index contributed by atoms with van der Waals surface area (Å²) < 4.78 is 0. The van der Waals surface area contributed by atoms with Crippen LogP contribution in [-0.2, 0) is 5.41 Å². The van der Waals surface area contributed by atoms with Crippen LogP contribution in [0.3, 0.4) is 0 Å². The summed E-state index contributed by atoms with van der Waals surface area (Å²) in [7, 11) is 6.30. The lowest BCUT2D eigenvalue weighted by molar-refractivity contribution is 0.557. The van der Waals surface area contributed by atoms with Gasteiger partial charge in [0, 0.05) is 17.3 Å². The molecule has 1 aromatic rings. The predicted octanol–water partition coefficient (Wildman–Crippen LogP) is 3.20. The fraction of sp³-hybridized carbons (Fsp3) is 0.357. The smallest absolute Gasteiger partial charge is 0.0776 e. The molecule has 80 valence electrons. The molecule has 2 radical (unpaired) electrons. The number of allylic oxidation sites excluding steroid dienone is 4. The lowest BCUT2D eigenvalue weighted by Gasteiger charge is -2.37. The molecule has 2 heteroatoms. The first-order valence-electron chi connectivity index (χ1n) is 5.59. The van der Waals surface area contributed by atoms with Crippen LogP contribution in [0.15, 0.2) is 47.7 Å². The van der Waals surface area contributed by atoms with Crippen LogP contribution < -0.4 is 0 Å². The molecule has 0 saturated carbocycles. The van der Waals surface area contributed by atoms with Crippen LogP contribution in [0.2, 0.25) is 5.82 Å².